The third kappa shape index (κ3) is 4.34. The van der Waals surface area contributed by atoms with E-state index >= 15 is 0 Å². The third-order valence-electron chi connectivity index (χ3n) is 1.82. The van der Waals surface area contributed by atoms with E-state index in [4.69, 9.17) is 11.6 Å². The number of benzene rings is 1. The zero-order chi connectivity index (χ0) is 11.3. The van der Waals surface area contributed by atoms with Crippen LogP contribution in [0.4, 0.5) is 8.78 Å². The lowest BCUT2D eigenvalue weighted by atomic mass is 10.1. The second kappa shape index (κ2) is 6.28. The Morgan fingerprint density at radius 1 is 1.40 bits per heavy atom. The Bertz CT molecular complexity index is 320. The van der Waals surface area contributed by atoms with Crippen LogP contribution in [0.2, 0.25) is 5.02 Å². The minimum atomic E-state index is -2.80. The minimum absolute atomic E-state index is 0.152. The molecule has 0 radical (unpaired) electrons. The average molecular weight is 300 g/mol. The van der Waals surface area contributed by atoms with Crippen LogP contribution < -0.4 is 4.74 Å². The Morgan fingerprint density at radius 2 is 2.13 bits per heavy atom. The zero-order valence-corrected chi connectivity index (χ0v) is 10.2. The molecule has 0 saturated carbocycles. The summed E-state index contributed by atoms with van der Waals surface area (Å²) in [4.78, 5) is 0. The molecule has 0 heterocycles. The number of ether oxygens (including phenoxy) is 1. The largest absolute Gasteiger partial charge is 0.435 e. The summed E-state index contributed by atoms with van der Waals surface area (Å²) in [5, 5.41) is 1.43. The van der Waals surface area contributed by atoms with Crippen molar-refractivity contribution < 1.29 is 13.5 Å². The highest BCUT2D eigenvalue weighted by molar-refractivity contribution is 9.09. The number of hydrogen-bond acceptors (Lipinski definition) is 1. The molecule has 0 aliphatic rings. The minimum Gasteiger partial charge on any atom is -0.435 e. The molecule has 84 valence electrons. The average Bonchev–Trinajstić information content (AvgIpc) is 2.18. The van der Waals surface area contributed by atoms with Crippen molar-refractivity contribution in [3.63, 3.8) is 0 Å². The molecule has 0 atom stereocenters. The predicted molar refractivity (Wildman–Crippen MR) is 60.2 cm³/mol. The van der Waals surface area contributed by atoms with Gasteiger partial charge in [-0.15, -0.1) is 0 Å². The summed E-state index contributed by atoms with van der Waals surface area (Å²) in [6, 6.07) is 4.56. The van der Waals surface area contributed by atoms with E-state index in [1.54, 1.807) is 12.1 Å². The van der Waals surface area contributed by atoms with Gasteiger partial charge in [-0.3, -0.25) is 0 Å². The molecule has 0 aromatic heterocycles. The van der Waals surface area contributed by atoms with Gasteiger partial charge in [0.2, 0.25) is 0 Å². The molecular weight excluding hydrogens is 289 g/mol. The van der Waals surface area contributed by atoms with Crippen LogP contribution in [0.5, 0.6) is 5.75 Å². The Morgan fingerprint density at radius 3 is 2.73 bits per heavy atom. The van der Waals surface area contributed by atoms with Crippen LogP contribution >= 0.6 is 27.5 Å². The van der Waals surface area contributed by atoms with Crippen LogP contribution in [0.15, 0.2) is 18.2 Å². The summed E-state index contributed by atoms with van der Waals surface area (Å²) < 4.78 is 28.2. The first-order valence-corrected chi connectivity index (χ1v) is 5.92. The first-order chi connectivity index (χ1) is 7.13. The number of hydrogen-bond donors (Lipinski definition) is 0. The van der Waals surface area contributed by atoms with E-state index in [1.807, 2.05) is 0 Å². The van der Waals surface area contributed by atoms with Crippen LogP contribution in [0, 0.1) is 0 Å². The molecule has 1 aromatic carbocycles. The highest BCUT2D eigenvalue weighted by atomic mass is 79.9. The van der Waals surface area contributed by atoms with Gasteiger partial charge in [0.25, 0.3) is 0 Å². The standard InChI is InChI=1S/C10H10BrClF2O/c11-5-1-2-7-6-8(15-10(13)14)3-4-9(7)12/h3-4,6,10H,1-2,5H2. The first kappa shape index (κ1) is 12.7. The van der Waals surface area contributed by atoms with E-state index < -0.39 is 6.61 Å². The lowest BCUT2D eigenvalue weighted by Gasteiger charge is -2.08. The molecule has 0 aliphatic heterocycles. The SMILES string of the molecule is FC(F)Oc1ccc(Cl)c(CCCBr)c1. The van der Waals surface area contributed by atoms with Gasteiger partial charge in [-0.25, -0.2) is 0 Å². The maximum atomic E-state index is 11.9. The van der Waals surface area contributed by atoms with Crippen molar-refractivity contribution in [1.82, 2.24) is 0 Å². The molecule has 1 aromatic rings. The van der Waals surface area contributed by atoms with Gasteiger partial charge in [-0.05, 0) is 36.6 Å². The zero-order valence-electron chi connectivity index (χ0n) is 7.85. The Hall–Kier alpha value is -0.350. The van der Waals surface area contributed by atoms with Gasteiger partial charge in [0.15, 0.2) is 0 Å². The Balaban J connectivity index is 2.75. The smallest absolute Gasteiger partial charge is 0.387 e. The topological polar surface area (TPSA) is 9.23 Å². The van der Waals surface area contributed by atoms with Crippen molar-refractivity contribution in [2.75, 3.05) is 5.33 Å². The fraction of sp³-hybridized carbons (Fsp3) is 0.400. The number of aryl methyl sites for hydroxylation is 1. The second-order valence-electron chi connectivity index (χ2n) is 2.92. The maximum Gasteiger partial charge on any atom is 0.387 e. The van der Waals surface area contributed by atoms with Crippen molar-refractivity contribution in [3.8, 4) is 5.75 Å². The highest BCUT2D eigenvalue weighted by Crippen LogP contribution is 2.24. The number of alkyl halides is 3. The summed E-state index contributed by atoms with van der Waals surface area (Å²) in [7, 11) is 0. The van der Waals surface area contributed by atoms with Crippen LogP contribution in [0.1, 0.15) is 12.0 Å². The molecule has 0 fully saturated rings. The summed E-state index contributed by atoms with van der Waals surface area (Å²) in [5.41, 5.74) is 0.828. The fourth-order valence-corrected chi connectivity index (χ4v) is 1.67. The van der Waals surface area contributed by atoms with Gasteiger partial charge in [0, 0.05) is 10.4 Å². The molecule has 1 nitrogen and oxygen atoms in total. The van der Waals surface area contributed by atoms with E-state index in [9.17, 15) is 8.78 Å². The summed E-state index contributed by atoms with van der Waals surface area (Å²) in [5.74, 6) is 0.152. The van der Waals surface area contributed by atoms with E-state index in [-0.39, 0.29) is 5.75 Å². The van der Waals surface area contributed by atoms with Gasteiger partial charge in [0.05, 0.1) is 0 Å². The van der Waals surface area contributed by atoms with Gasteiger partial charge >= 0.3 is 6.61 Å². The molecule has 0 saturated heterocycles. The Kier molecular flexibility index (Phi) is 5.32. The molecule has 0 aliphatic carbocycles. The predicted octanol–water partition coefficient (Wildman–Crippen LogP) is 4.27. The van der Waals surface area contributed by atoms with E-state index in [1.165, 1.54) is 6.07 Å². The van der Waals surface area contributed by atoms with E-state index in [2.05, 4.69) is 20.7 Å². The van der Waals surface area contributed by atoms with Crippen molar-refractivity contribution in [2.24, 2.45) is 0 Å². The number of rotatable bonds is 5. The van der Waals surface area contributed by atoms with Crippen LogP contribution in [-0.2, 0) is 6.42 Å². The maximum absolute atomic E-state index is 11.9. The molecule has 0 spiro atoms. The monoisotopic (exact) mass is 298 g/mol. The van der Waals surface area contributed by atoms with Crippen LogP contribution in [0.3, 0.4) is 0 Å². The van der Waals surface area contributed by atoms with Crippen molar-refractivity contribution in [3.05, 3.63) is 28.8 Å². The summed E-state index contributed by atoms with van der Waals surface area (Å²) in [6.07, 6.45) is 1.64. The molecular formula is C10H10BrClF2O. The highest BCUT2D eigenvalue weighted by Gasteiger charge is 2.07. The lowest BCUT2D eigenvalue weighted by molar-refractivity contribution is -0.0498. The van der Waals surface area contributed by atoms with Gasteiger partial charge in [-0.1, -0.05) is 27.5 Å². The molecule has 0 unspecified atom stereocenters. The Labute approximate surface area is 101 Å². The quantitative estimate of drug-likeness (QED) is 0.738. The van der Waals surface area contributed by atoms with Crippen LogP contribution in [-0.4, -0.2) is 11.9 Å². The third-order valence-corrected chi connectivity index (χ3v) is 2.75. The summed E-state index contributed by atoms with van der Waals surface area (Å²) in [6.45, 7) is -2.80. The number of halogens is 4. The van der Waals surface area contributed by atoms with Gasteiger partial charge in [0.1, 0.15) is 5.75 Å². The molecule has 0 bridgehead atoms. The first-order valence-electron chi connectivity index (χ1n) is 4.42. The molecule has 15 heavy (non-hydrogen) atoms. The van der Waals surface area contributed by atoms with Gasteiger partial charge in [-0.2, -0.15) is 8.78 Å². The van der Waals surface area contributed by atoms with Crippen molar-refractivity contribution in [1.29, 1.82) is 0 Å². The molecule has 5 heteroatoms. The lowest BCUT2D eigenvalue weighted by Crippen LogP contribution is -2.02. The molecule has 1 rings (SSSR count). The normalized spacial score (nSPS) is 10.7. The fourth-order valence-electron chi connectivity index (χ4n) is 1.18. The van der Waals surface area contributed by atoms with Crippen molar-refractivity contribution in [2.45, 2.75) is 19.5 Å². The molecule has 0 N–H and O–H groups in total. The molecule has 0 amide bonds. The second-order valence-corrected chi connectivity index (χ2v) is 4.12. The van der Waals surface area contributed by atoms with Gasteiger partial charge < -0.3 is 4.74 Å². The summed E-state index contributed by atoms with van der Waals surface area (Å²) >= 11 is 9.21. The van der Waals surface area contributed by atoms with E-state index in [0.29, 0.717) is 5.02 Å². The van der Waals surface area contributed by atoms with E-state index in [0.717, 1.165) is 23.7 Å². The van der Waals surface area contributed by atoms with Crippen molar-refractivity contribution >= 4 is 27.5 Å². The van der Waals surface area contributed by atoms with Crippen LogP contribution in [0.25, 0.3) is 0 Å².